The third-order valence-electron chi connectivity index (χ3n) is 5.98. The lowest BCUT2D eigenvalue weighted by atomic mass is 9.52. The maximum absolute atomic E-state index is 3.45. The Labute approximate surface area is 110 Å². The predicted octanol–water partition coefficient (Wildman–Crippen LogP) is 4.72. The van der Waals surface area contributed by atoms with Gasteiger partial charge in [0.1, 0.15) is 0 Å². The molecule has 0 spiro atoms. The molecule has 0 amide bonds. The summed E-state index contributed by atoms with van der Waals surface area (Å²) in [6.07, 6.45) is 1.23. The van der Waals surface area contributed by atoms with Crippen LogP contribution >= 0.6 is 0 Å². The van der Waals surface area contributed by atoms with E-state index in [2.05, 4.69) is 74.7 Å². The number of hydrogen-bond acceptors (Lipinski definition) is 1. The third kappa shape index (κ3) is 3.05. The zero-order chi connectivity index (χ0) is 14.1. The molecule has 0 radical (unpaired) electrons. The minimum Gasteiger partial charge on any atom is -0.317 e. The summed E-state index contributed by atoms with van der Waals surface area (Å²) >= 11 is 0. The molecule has 0 aliphatic heterocycles. The van der Waals surface area contributed by atoms with E-state index in [-0.39, 0.29) is 5.41 Å². The van der Waals surface area contributed by atoms with Crippen LogP contribution in [0.25, 0.3) is 0 Å². The minimum absolute atomic E-state index is 0.281. The van der Waals surface area contributed by atoms with Crippen molar-refractivity contribution >= 4 is 0 Å². The maximum Gasteiger partial charge on any atom is 0.00922 e. The van der Waals surface area contributed by atoms with Gasteiger partial charge in [0, 0.05) is 6.04 Å². The Kier molecular flexibility index (Phi) is 5.29. The van der Waals surface area contributed by atoms with Gasteiger partial charge in [0.2, 0.25) is 0 Å². The average molecular weight is 241 g/mol. The van der Waals surface area contributed by atoms with Crippen molar-refractivity contribution in [1.82, 2.24) is 5.32 Å². The Morgan fingerprint density at radius 2 is 1.35 bits per heavy atom. The number of nitrogens with one attached hydrogen (secondary N) is 1. The van der Waals surface area contributed by atoms with Gasteiger partial charge in [-0.15, -0.1) is 0 Å². The summed E-state index contributed by atoms with van der Waals surface area (Å²) in [6, 6.07) is 0.525. The lowest BCUT2D eigenvalue weighted by Crippen LogP contribution is -2.53. The molecule has 0 rings (SSSR count). The smallest absolute Gasteiger partial charge is 0.00922 e. The lowest BCUT2D eigenvalue weighted by Gasteiger charge is -2.55. The van der Waals surface area contributed by atoms with Crippen molar-refractivity contribution in [2.24, 2.45) is 22.2 Å². The van der Waals surface area contributed by atoms with E-state index in [1.165, 1.54) is 6.42 Å². The van der Waals surface area contributed by atoms with Crippen LogP contribution in [0.4, 0.5) is 0 Å². The van der Waals surface area contributed by atoms with Gasteiger partial charge in [-0.3, -0.25) is 0 Å². The van der Waals surface area contributed by atoms with Crippen molar-refractivity contribution in [3.05, 3.63) is 0 Å². The molecule has 3 atom stereocenters. The molecule has 17 heavy (non-hydrogen) atoms. The van der Waals surface area contributed by atoms with E-state index in [1.807, 2.05) is 0 Å². The highest BCUT2D eigenvalue weighted by Gasteiger charge is 2.49. The van der Waals surface area contributed by atoms with Gasteiger partial charge in [-0.2, -0.15) is 0 Å². The van der Waals surface area contributed by atoms with Gasteiger partial charge in [-0.25, -0.2) is 0 Å². The topological polar surface area (TPSA) is 12.0 Å². The van der Waals surface area contributed by atoms with Crippen molar-refractivity contribution in [2.75, 3.05) is 7.05 Å². The summed E-state index contributed by atoms with van der Waals surface area (Å²) in [7, 11) is 2.07. The second-order valence-corrected chi connectivity index (χ2v) is 7.59. The van der Waals surface area contributed by atoms with Crippen LogP contribution in [0.3, 0.4) is 0 Å². The zero-order valence-corrected chi connectivity index (χ0v) is 13.9. The van der Waals surface area contributed by atoms with Crippen LogP contribution in [-0.4, -0.2) is 13.1 Å². The largest absolute Gasteiger partial charge is 0.317 e. The molecule has 0 saturated carbocycles. The summed E-state index contributed by atoms with van der Waals surface area (Å²) in [5.74, 6) is 0.686. The fourth-order valence-corrected chi connectivity index (χ4v) is 3.13. The molecule has 0 saturated heterocycles. The molecule has 1 N–H and O–H groups in total. The van der Waals surface area contributed by atoms with Crippen LogP contribution < -0.4 is 5.32 Å². The summed E-state index contributed by atoms with van der Waals surface area (Å²) in [6.45, 7) is 21.5. The third-order valence-corrected chi connectivity index (χ3v) is 5.98. The van der Waals surface area contributed by atoms with Crippen molar-refractivity contribution in [2.45, 2.75) is 74.8 Å². The van der Waals surface area contributed by atoms with E-state index in [1.54, 1.807) is 0 Å². The summed E-state index contributed by atoms with van der Waals surface area (Å²) in [5, 5.41) is 3.45. The molecule has 0 aliphatic carbocycles. The van der Waals surface area contributed by atoms with Crippen LogP contribution in [0.2, 0.25) is 0 Å². The second kappa shape index (κ2) is 5.30. The molecule has 0 aromatic rings. The molecule has 0 aromatic carbocycles. The van der Waals surface area contributed by atoms with E-state index in [0.717, 1.165) is 0 Å². The summed E-state index contributed by atoms with van der Waals surface area (Å²) < 4.78 is 0. The molecule has 0 fully saturated rings. The van der Waals surface area contributed by atoms with Crippen LogP contribution in [-0.2, 0) is 0 Å². The predicted molar refractivity (Wildman–Crippen MR) is 79.3 cm³/mol. The minimum atomic E-state index is 0.281. The highest BCUT2D eigenvalue weighted by atomic mass is 14.9. The monoisotopic (exact) mass is 241 g/mol. The fraction of sp³-hybridized carbons (Fsp3) is 1.00. The lowest BCUT2D eigenvalue weighted by molar-refractivity contribution is -0.0451. The quantitative estimate of drug-likeness (QED) is 0.734. The highest BCUT2D eigenvalue weighted by molar-refractivity contribution is 4.99. The van der Waals surface area contributed by atoms with E-state index < -0.39 is 0 Å². The second-order valence-electron chi connectivity index (χ2n) is 7.59. The summed E-state index contributed by atoms with van der Waals surface area (Å²) in [5.41, 5.74) is 0.979. The number of hydrogen-bond donors (Lipinski definition) is 1. The van der Waals surface area contributed by atoms with Crippen molar-refractivity contribution in [3.63, 3.8) is 0 Å². The molecule has 0 aromatic heterocycles. The molecule has 0 bridgehead atoms. The normalized spacial score (nSPS) is 20.8. The number of rotatable bonds is 5. The molecule has 2 unspecified atom stereocenters. The van der Waals surface area contributed by atoms with Gasteiger partial charge in [0.15, 0.2) is 0 Å². The van der Waals surface area contributed by atoms with Crippen molar-refractivity contribution < 1.29 is 0 Å². The standard InChI is InChI=1S/C16H35N/c1-11-16(9,12(2)14(4,5)6)15(7,8)13(3)17-10/h12-13,17H,11H2,1-10H3/t12?,13-,16?/m1/s1. The van der Waals surface area contributed by atoms with Gasteiger partial charge in [-0.1, -0.05) is 55.4 Å². The first-order valence-corrected chi connectivity index (χ1v) is 7.12. The van der Waals surface area contributed by atoms with Crippen LogP contribution in [0.15, 0.2) is 0 Å². The first kappa shape index (κ1) is 17.0. The maximum atomic E-state index is 3.45. The molecule has 1 heteroatoms. The fourth-order valence-electron chi connectivity index (χ4n) is 3.13. The Hall–Kier alpha value is -0.0400. The molecular formula is C16H35N. The Morgan fingerprint density at radius 3 is 1.59 bits per heavy atom. The van der Waals surface area contributed by atoms with Crippen LogP contribution in [0.5, 0.6) is 0 Å². The zero-order valence-electron chi connectivity index (χ0n) is 13.9. The molecular weight excluding hydrogens is 206 g/mol. The Morgan fingerprint density at radius 1 is 0.941 bits per heavy atom. The van der Waals surface area contributed by atoms with E-state index in [9.17, 15) is 0 Å². The van der Waals surface area contributed by atoms with Crippen LogP contribution in [0, 0.1) is 22.2 Å². The van der Waals surface area contributed by atoms with Gasteiger partial charge >= 0.3 is 0 Å². The molecule has 104 valence electrons. The Bertz CT molecular complexity index is 236. The van der Waals surface area contributed by atoms with Crippen LogP contribution in [0.1, 0.15) is 68.7 Å². The van der Waals surface area contributed by atoms with E-state index in [0.29, 0.717) is 22.8 Å². The first-order chi connectivity index (χ1) is 7.45. The Balaban J connectivity index is 5.42. The van der Waals surface area contributed by atoms with Gasteiger partial charge in [0.25, 0.3) is 0 Å². The van der Waals surface area contributed by atoms with E-state index in [4.69, 9.17) is 0 Å². The van der Waals surface area contributed by atoms with Crippen molar-refractivity contribution in [1.29, 1.82) is 0 Å². The SMILES string of the molecule is CCC(C)(C(C)C(C)(C)C)C(C)(C)[C@@H](C)NC. The average Bonchev–Trinajstić information content (AvgIpc) is 2.23. The van der Waals surface area contributed by atoms with Crippen molar-refractivity contribution in [3.8, 4) is 0 Å². The van der Waals surface area contributed by atoms with Gasteiger partial charge < -0.3 is 5.32 Å². The van der Waals surface area contributed by atoms with Gasteiger partial charge in [-0.05, 0) is 42.6 Å². The first-order valence-electron chi connectivity index (χ1n) is 7.12. The molecule has 0 aliphatic rings. The molecule has 0 heterocycles. The van der Waals surface area contributed by atoms with Gasteiger partial charge in [0.05, 0.1) is 0 Å². The highest BCUT2D eigenvalue weighted by Crippen LogP contribution is 2.54. The van der Waals surface area contributed by atoms with E-state index >= 15 is 0 Å². The summed E-state index contributed by atoms with van der Waals surface area (Å²) in [4.78, 5) is 0. The molecule has 1 nitrogen and oxygen atoms in total.